The van der Waals surface area contributed by atoms with E-state index >= 15 is 0 Å². The zero-order valence-electron chi connectivity index (χ0n) is 26.2. The van der Waals surface area contributed by atoms with Crippen LogP contribution in [0.2, 0.25) is 0 Å². The van der Waals surface area contributed by atoms with Gasteiger partial charge in [-0.2, -0.15) is 9.61 Å². The molecule has 9 nitrogen and oxygen atoms in total. The minimum absolute atomic E-state index is 0.177. The molecule has 0 unspecified atom stereocenters. The topological polar surface area (TPSA) is 96.7 Å². The first-order valence-electron chi connectivity index (χ1n) is 15.6. The van der Waals surface area contributed by atoms with Crippen LogP contribution < -0.4 is 20.3 Å². The van der Waals surface area contributed by atoms with E-state index in [4.69, 9.17) is 14.8 Å². The van der Waals surface area contributed by atoms with Crippen LogP contribution in [0.4, 0.5) is 16.0 Å². The number of benzene rings is 3. The Bertz CT molecular complexity index is 1990. The molecule has 3 aromatic carbocycles. The van der Waals surface area contributed by atoms with E-state index in [9.17, 15) is 9.18 Å². The van der Waals surface area contributed by atoms with Gasteiger partial charge in [-0.3, -0.25) is 4.79 Å². The van der Waals surface area contributed by atoms with Gasteiger partial charge in [0.25, 0.3) is 5.91 Å². The Labute approximate surface area is 272 Å². The smallest absolute Gasteiger partial charge is 0.256 e. The van der Waals surface area contributed by atoms with Crippen LogP contribution in [0.25, 0.3) is 16.8 Å². The van der Waals surface area contributed by atoms with Crippen LogP contribution in [-0.4, -0.2) is 38.1 Å². The molecule has 0 saturated heterocycles. The lowest BCUT2D eigenvalue weighted by molar-refractivity contribution is 0.0932. The maximum Gasteiger partial charge on any atom is 0.256 e. The van der Waals surface area contributed by atoms with Gasteiger partial charge >= 0.3 is 0 Å². The number of rotatable bonds is 6. The second-order valence-electron chi connectivity index (χ2n) is 11.8. The van der Waals surface area contributed by atoms with Gasteiger partial charge in [0.05, 0.1) is 24.5 Å². The van der Waals surface area contributed by atoms with E-state index in [2.05, 4.69) is 69.0 Å². The zero-order chi connectivity index (χ0) is 32.3. The summed E-state index contributed by atoms with van der Waals surface area (Å²) in [6, 6.07) is 30.1. The molecule has 10 heteroatoms. The average Bonchev–Trinajstić information content (AvgIpc) is 3.51. The number of pyridine rings is 1. The summed E-state index contributed by atoms with van der Waals surface area (Å²) >= 11 is 0. The maximum atomic E-state index is 14.5. The molecule has 7 rings (SSSR count). The standard InChI is InChI=1S/C37H34FN7O2/c1-24-13-15-28(16-14-24)32-33-39-19-29-17-30(38)20-41-36(29)47-25(2)18-40-35(46)31-21-42-45(34(31)43-33)37(32)44(22-26-9-5-3-6-10-26)23-27-11-7-4-8-12-27/h3-17,20-21,25H,18-19,22-23H2,1-2H3,(H,39,43)(H,40,46)/t25-/m0/s1. The summed E-state index contributed by atoms with van der Waals surface area (Å²) in [5, 5.41) is 11.2. The van der Waals surface area contributed by atoms with Crippen LogP contribution in [0, 0.1) is 12.7 Å². The molecule has 1 aliphatic heterocycles. The van der Waals surface area contributed by atoms with Gasteiger partial charge in [-0.1, -0.05) is 90.5 Å². The third kappa shape index (κ3) is 6.35. The summed E-state index contributed by atoms with van der Waals surface area (Å²) in [5.74, 6) is 0.755. The molecule has 1 amide bonds. The quantitative estimate of drug-likeness (QED) is 0.216. The minimum atomic E-state index is -0.475. The zero-order valence-corrected chi connectivity index (χ0v) is 26.2. The van der Waals surface area contributed by atoms with Crippen molar-refractivity contribution in [1.29, 1.82) is 0 Å². The molecule has 0 fully saturated rings. The summed E-state index contributed by atoms with van der Waals surface area (Å²) < 4.78 is 22.3. The van der Waals surface area contributed by atoms with Crippen molar-refractivity contribution in [2.24, 2.45) is 0 Å². The minimum Gasteiger partial charge on any atom is -0.473 e. The molecule has 4 heterocycles. The van der Waals surface area contributed by atoms with Crippen molar-refractivity contribution in [2.45, 2.75) is 39.6 Å². The Morgan fingerprint density at radius 3 is 2.30 bits per heavy atom. The summed E-state index contributed by atoms with van der Waals surface area (Å²) in [7, 11) is 0. The summed E-state index contributed by atoms with van der Waals surface area (Å²) in [6.45, 7) is 5.36. The molecule has 1 aliphatic rings. The number of carbonyl (C=O) groups excluding carboxylic acids is 1. The van der Waals surface area contributed by atoms with Crippen LogP contribution in [0.1, 0.15) is 39.5 Å². The molecule has 0 spiro atoms. The number of carbonyl (C=O) groups is 1. The number of amides is 1. The number of ether oxygens (including phenoxy) is 1. The third-order valence-electron chi connectivity index (χ3n) is 8.14. The lowest BCUT2D eigenvalue weighted by Crippen LogP contribution is -2.34. The summed E-state index contributed by atoms with van der Waals surface area (Å²) in [4.78, 5) is 25.2. The van der Waals surface area contributed by atoms with E-state index in [1.54, 1.807) is 10.7 Å². The molecule has 6 aromatic rings. The van der Waals surface area contributed by atoms with E-state index in [0.29, 0.717) is 35.7 Å². The number of aryl methyl sites for hydroxylation is 1. The van der Waals surface area contributed by atoms with Gasteiger partial charge < -0.3 is 20.3 Å². The average molecular weight is 628 g/mol. The Balaban J connectivity index is 1.49. The molecule has 0 saturated carbocycles. The molecule has 1 atom stereocenters. The molecule has 0 aliphatic carbocycles. The SMILES string of the molecule is Cc1ccc(-c2c3nc4c(cnn4c2N(Cc2ccccc2)Cc2ccccc2)C(=O)NC[C@H](C)Oc2ncc(F)cc2CN3)cc1. The maximum absolute atomic E-state index is 14.5. The third-order valence-corrected chi connectivity index (χ3v) is 8.14. The molecule has 2 N–H and O–H groups in total. The highest BCUT2D eigenvalue weighted by atomic mass is 19.1. The van der Waals surface area contributed by atoms with Crippen molar-refractivity contribution >= 4 is 23.2 Å². The van der Waals surface area contributed by atoms with Gasteiger partial charge in [-0.25, -0.2) is 14.4 Å². The molecule has 236 valence electrons. The predicted octanol–water partition coefficient (Wildman–Crippen LogP) is 6.57. The van der Waals surface area contributed by atoms with Crippen molar-refractivity contribution < 1.29 is 13.9 Å². The number of nitrogens with one attached hydrogen (secondary N) is 2. The number of halogens is 1. The first kappa shape index (κ1) is 29.9. The lowest BCUT2D eigenvalue weighted by atomic mass is 10.0. The fraction of sp³-hybridized carbons (Fsp3) is 0.189. The van der Waals surface area contributed by atoms with Gasteiger partial charge in [0.2, 0.25) is 5.88 Å². The normalized spacial score (nSPS) is 14.6. The van der Waals surface area contributed by atoms with Gasteiger partial charge in [0, 0.05) is 25.2 Å². The predicted molar refractivity (Wildman–Crippen MR) is 180 cm³/mol. The number of hydrogen-bond donors (Lipinski definition) is 2. The Morgan fingerprint density at radius 2 is 1.62 bits per heavy atom. The van der Waals surface area contributed by atoms with Crippen LogP contribution in [0.3, 0.4) is 0 Å². The van der Waals surface area contributed by atoms with Crippen LogP contribution in [-0.2, 0) is 19.6 Å². The summed E-state index contributed by atoms with van der Waals surface area (Å²) in [6.07, 6.45) is 2.26. The van der Waals surface area contributed by atoms with Gasteiger partial charge in [0.15, 0.2) is 5.65 Å². The van der Waals surface area contributed by atoms with Gasteiger partial charge in [-0.05, 0) is 36.6 Å². The first-order valence-corrected chi connectivity index (χ1v) is 15.6. The highest BCUT2D eigenvalue weighted by Gasteiger charge is 2.27. The highest BCUT2D eigenvalue weighted by Crippen LogP contribution is 2.39. The van der Waals surface area contributed by atoms with Crippen molar-refractivity contribution in [1.82, 2.24) is 24.9 Å². The fourth-order valence-corrected chi connectivity index (χ4v) is 5.80. The van der Waals surface area contributed by atoms with Crippen LogP contribution in [0.5, 0.6) is 5.88 Å². The molecule has 0 radical (unpaired) electrons. The number of nitrogens with zero attached hydrogens (tertiary/aromatic N) is 5. The molecule has 2 bridgehead atoms. The lowest BCUT2D eigenvalue weighted by Gasteiger charge is -2.29. The number of fused-ring (bicyclic) bond motifs is 2. The van der Waals surface area contributed by atoms with E-state index in [-0.39, 0.29) is 24.9 Å². The largest absolute Gasteiger partial charge is 0.473 e. The summed E-state index contributed by atoms with van der Waals surface area (Å²) in [5.41, 5.74) is 6.27. The first-order chi connectivity index (χ1) is 22.9. The van der Waals surface area contributed by atoms with E-state index in [0.717, 1.165) is 39.8 Å². The van der Waals surface area contributed by atoms with Gasteiger partial charge in [0.1, 0.15) is 29.1 Å². The van der Waals surface area contributed by atoms with E-state index in [1.807, 2.05) is 50.2 Å². The second-order valence-corrected chi connectivity index (χ2v) is 11.8. The monoisotopic (exact) mass is 627 g/mol. The fourth-order valence-electron chi connectivity index (χ4n) is 5.80. The Hall–Kier alpha value is -5.77. The Kier molecular flexibility index (Phi) is 8.22. The van der Waals surface area contributed by atoms with Crippen LogP contribution in [0.15, 0.2) is 103 Å². The Morgan fingerprint density at radius 1 is 0.936 bits per heavy atom. The molecule has 3 aromatic heterocycles. The van der Waals surface area contributed by atoms with Crippen molar-refractivity contribution in [3.63, 3.8) is 0 Å². The molecular weight excluding hydrogens is 593 g/mol. The van der Waals surface area contributed by atoms with E-state index in [1.165, 1.54) is 6.07 Å². The number of aromatic nitrogens is 4. The van der Waals surface area contributed by atoms with Crippen LogP contribution >= 0.6 is 0 Å². The highest BCUT2D eigenvalue weighted by molar-refractivity contribution is 6.01. The number of anilines is 2. The number of hydrogen-bond acceptors (Lipinski definition) is 7. The molecule has 47 heavy (non-hydrogen) atoms. The van der Waals surface area contributed by atoms with Gasteiger partial charge in [-0.15, -0.1) is 0 Å². The van der Waals surface area contributed by atoms with Crippen molar-refractivity contribution in [2.75, 3.05) is 16.8 Å². The molecular formula is C37H34FN7O2. The van der Waals surface area contributed by atoms with Crippen molar-refractivity contribution in [3.8, 4) is 17.0 Å². The van der Waals surface area contributed by atoms with Crippen molar-refractivity contribution in [3.05, 3.63) is 137 Å². The van der Waals surface area contributed by atoms with E-state index < -0.39 is 11.9 Å². The second kappa shape index (κ2) is 12.9.